The highest BCUT2D eigenvalue weighted by molar-refractivity contribution is 5.76. The predicted octanol–water partition coefficient (Wildman–Crippen LogP) is 1.30. The summed E-state index contributed by atoms with van der Waals surface area (Å²) in [4.78, 5) is 14.7. The Morgan fingerprint density at radius 2 is 2.24 bits per heavy atom. The van der Waals surface area contributed by atoms with Crippen LogP contribution in [0.15, 0.2) is 24.3 Å². The molecule has 1 N–H and O–H groups in total. The van der Waals surface area contributed by atoms with E-state index < -0.39 is 0 Å². The monoisotopic (exact) mass is 348 g/mol. The van der Waals surface area contributed by atoms with Crippen LogP contribution in [0.1, 0.15) is 12.0 Å². The van der Waals surface area contributed by atoms with Crippen molar-refractivity contribution in [2.45, 2.75) is 13.0 Å². The quantitative estimate of drug-likeness (QED) is 0.718. The number of carbonyl (C=O) groups excluding carboxylic acids is 1. The van der Waals surface area contributed by atoms with Gasteiger partial charge in [0.05, 0.1) is 26.9 Å². The molecule has 0 radical (unpaired) electrons. The Hall–Kier alpha value is -1.63. The van der Waals surface area contributed by atoms with Crippen molar-refractivity contribution >= 4 is 5.91 Å². The van der Waals surface area contributed by atoms with E-state index in [2.05, 4.69) is 16.3 Å². The van der Waals surface area contributed by atoms with Crippen LogP contribution in [0.3, 0.4) is 0 Å². The number of para-hydroxylation sites is 1. The number of fused-ring (bicyclic) bond motifs is 1. The highest BCUT2D eigenvalue weighted by Gasteiger charge is 2.51. The van der Waals surface area contributed by atoms with Gasteiger partial charge >= 0.3 is 0 Å². The molecule has 0 aliphatic carbocycles. The van der Waals surface area contributed by atoms with E-state index in [0.717, 1.165) is 32.0 Å². The first kappa shape index (κ1) is 18.2. The lowest BCUT2D eigenvalue weighted by Gasteiger charge is -2.27. The van der Waals surface area contributed by atoms with Crippen molar-refractivity contribution in [3.8, 4) is 5.75 Å². The van der Waals surface area contributed by atoms with Crippen molar-refractivity contribution in [2.24, 2.45) is 11.3 Å². The molecular formula is C19H28N2O4. The number of nitrogens with zero attached hydrogens (tertiary/aromatic N) is 1. The van der Waals surface area contributed by atoms with Crippen LogP contribution in [0.5, 0.6) is 5.75 Å². The first-order chi connectivity index (χ1) is 12.2. The average molecular weight is 348 g/mol. The van der Waals surface area contributed by atoms with Gasteiger partial charge in [-0.3, -0.25) is 9.69 Å². The molecule has 6 nitrogen and oxygen atoms in total. The second-order valence-electron chi connectivity index (χ2n) is 7.08. The van der Waals surface area contributed by atoms with Crippen LogP contribution >= 0.6 is 0 Å². The van der Waals surface area contributed by atoms with E-state index in [1.165, 1.54) is 5.56 Å². The second kappa shape index (κ2) is 8.17. The number of likely N-dealkylation sites (tertiary alicyclic amines) is 1. The molecule has 138 valence electrons. The molecule has 0 bridgehead atoms. The summed E-state index contributed by atoms with van der Waals surface area (Å²) in [5.74, 6) is 1.42. The summed E-state index contributed by atoms with van der Waals surface area (Å²) in [6, 6.07) is 8.12. The lowest BCUT2D eigenvalue weighted by atomic mass is 9.78. The van der Waals surface area contributed by atoms with Crippen LogP contribution in [-0.2, 0) is 20.8 Å². The molecule has 6 heteroatoms. The number of nitrogens with one attached hydrogen (secondary N) is 1. The maximum atomic E-state index is 12.3. The highest BCUT2D eigenvalue weighted by atomic mass is 16.5. The molecule has 2 atom stereocenters. The molecule has 0 aromatic heterocycles. The summed E-state index contributed by atoms with van der Waals surface area (Å²) in [5, 5.41) is 2.94. The molecule has 2 fully saturated rings. The Labute approximate surface area is 149 Å². The van der Waals surface area contributed by atoms with Crippen LogP contribution < -0.4 is 10.1 Å². The lowest BCUT2D eigenvalue weighted by molar-refractivity contribution is -0.123. The number of benzene rings is 1. The Balaban J connectivity index is 1.62. The van der Waals surface area contributed by atoms with Gasteiger partial charge in [-0.15, -0.1) is 0 Å². The molecule has 2 aliphatic heterocycles. The van der Waals surface area contributed by atoms with E-state index in [1.54, 1.807) is 14.2 Å². The standard InChI is InChI=1S/C19H28N2O4/c1-23-8-7-20-18(22)9-19-13-21(11-16(19)12-25-14-19)10-15-5-3-4-6-17(15)24-2/h3-6,16H,7-14H2,1-2H3,(H,20,22)/t16-,19+/m1/s1. The van der Waals surface area contributed by atoms with E-state index in [1.807, 2.05) is 18.2 Å². The number of rotatable bonds is 8. The molecule has 3 rings (SSSR count). The average Bonchev–Trinajstić information content (AvgIpc) is 3.11. The molecule has 1 aromatic carbocycles. The van der Waals surface area contributed by atoms with Crippen LogP contribution in [0.2, 0.25) is 0 Å². The molecule has 25 heavy (non-hydrogen) atoms. The van der Waals surface area contributed by atoms with E-state index in [-0.39, 0.29) is 11.3 Å². The van der Waals surface area contributed by atoms with Crippen molar-refractivity contribution in [2.75, 3.05) is 53.7 Å². The Morgan fingerprint density at radius 1 is 1.40 bits per heavy atom. The third-order valence-corrected chi connectivity index (χ3v) is 5.32. The van der Waals surface area contributed by atoms with Gasteiger partial charge in [0, 0.05) is 56.6 Å². The Bertz CT molecular complexity index is 595. The predicted molar refractivity (Wildman–Crippen MR) is 94.5 cm³/mol. The fourth-order valence-corrected chi connectivity index (χ4v) is 4.06. The third kappa shape index (κ3) is 4.14. The second-order valence-corrected chi connectivity index (χ2v) is 7.08. The fourth-order valence-electron chi connectivity index (χ4n) is 4.06. The van der Waals surface area contributed by atoms with Crippen molar-refractivity contribution in [1.29, 1.82) is 0 Å². The minimum atomic E-state index is -0.0703. The van der Waals surface area contributed by atoms with Gasteiger partial charge in [0.2, 0.25) is 5.91 Å². The zero-order valence-corrected chi connectivity index (χ0v) is 15.1. The largest absolute Gasteiger partial charge is 0.496 e. The highest BCUT2D eigenvalue weighted by Crippen LogP contribution is 2.44. The van der Waals surface area contributed by atoms with Crippen molar-refractivity contribution in [1.82, 2.24) is 10.2 Å². The minimum absolute atomic E-state index is 0.0703. The molecule has 2 saturated heterocycles. The fraction of sp³-hybridized carbons (Fsp3) is 0.632. The van der Waals surface area contributed by atoms with Crippen molar-refractivity contribution < 1.29 is 19.0 Å². The molecule has 2 heterocycles. The van der Waals surface area contributed by atoms with Crippen LogP contribution in [0.4, 0.5) is 0 Å². The zero-order valence-electron chi connectivity index (χ0n) is 15.1. The van der Waals surface area contributed by atoms with Gasteiger partial charge in [0.15, 0.2) is 0 Å². The van der Waals surface area contributed by atoms with Crippen molar-refractivity contribution in [3.05, 3.63) is 29.8 Å². The summed E-state index contributed by atoms with van der Waals surface area (Å²) in [6.45, 7) is 5.19. The van der Waals surface area contributed by atoms with Gasteiger partial charge in [-0.1, -0.05) is 18.2 Å². The van der Waals surface area contributed by atoms with Gasteiger partial charge in [0.1, 0.15) is 5.75 Å². The van der Waals surface area contributed by atoms with Crippen LogP contribution in [0, 0.1) is 11.3 Å². The van der Waals surface area contributed by atoms with E-state index in [0.29, 0.717) is 32.1 Å². The maximum Gasteiger partial charge on any atom is 0.220 e. The lowest BCUT2D eigenvalue weighted by Crippen LogP contribution is -2.38. The van der Waals surface area contributed by atoms with Gasteiger partial charge < -0.3 is 19.5 Å². The summed E-state index contributed by atoms with van der Waals surface area (Å²) < 4.78 is 16.2. The summed E-state index contributed by atoms with van der Waals surface area (Å²) in [7, 11) is 3.34. The van der Waals surface area contributed by atoms with E-state index in [4.69, 9.17) is 14.2 Å². The Kier molecular flexibility index (Phi) is 5.93. The van der Waals surface area contributed by atoms with Gasteiger partial charge in [-0.05, 0) is 6.07 Å². The summed E-state index contributed by atoms with van der Waals surface area (Å²) in [5.41, 5.74) is 1.12. The summed E-state index contributed by atoms with van der Waals surface area (Å²) >= 11 is 0. The van der Waals surface area contributed by atoms with Gasteiger partial charge in [-0.2, -0.15) is 0 Å². The number of amides is 1. The smallest absolute Gasteiger partial charge is 0.220 e. The molecular weight excluding hydrogens is 320 g/mol. The SMILES string of the molecule is COCCNC(=O)C[C@]12COC[C@H]1CN(Cc1ccccc1OC)C2. The molecule has 2 aliphatic rings. The third-order valence-electron chi connectivity index (χ3n) is 5.32. The van der Waals surface area contributed by atoms with Crippen LogP contribution in [-0.4, -0.2) is 64.5 Å². The summed E-state index contributed by atoms with van der Waals surface area (Å²) in [6.07, 6.45) is 0.518. The zero-order chi connectivity index (χ0) is 17.7. The molecule has 1 aromatic rings. The first-order valence-electron chi connectivity index (χ1n) is 8.84. The van der Waals surface area contributed by atoms with Crippen LogP contribution in [0.25, 0.3) is 0 Å². The van der Waals surface area contributed by atoms with Gasteiger partial charge in [-0.25, -0.2) is 0 Å². The first-order valence-corrected chi connectivity index (χ1v) is 8.84. The van der Waals surface area contributed by atoms with E-state index >= 15 is 0 Å². The molecule has 0 unspecified atom stereocenters. The van der Waals surface area contributed by atoms with Crippen molar-refractivity contribution in [3.63, 3.8) is 0 Å². The topological polar surface area (TPSA) is 60.0 Å². The molecule has 0 saturated carbocycles. The Morgan fingerprint density at radius 3 is 3.04 bits per heavy atom. The minimum Gasteiger partial charge on any atom is -0.496 e. The molecule has 1 amide bonds. The number of carbonyl (C=O) groups is 1. The van der Waals surface area contributed by atoms with E-state index in [9.17, 15) is 4.79 Å². The van der Waals surface area contributed by atoms with Gasteiger partial charge in [0.25, 0.3) is 0 Å². The number of methoxy groups -OCH3 is 2. The number of hydrogen-bond donors (Lipinski definition) is 1. The number of ether oxygens (including phenoxy) is 3. The maximum absolute atomic E-state index is 12.3. The normalized spacial score (nSPS) is 25.8. The number of hydrogen-bond acceptors (Lipinski definition) is 5. The molecule has 0 spiro atoms.